The Balaban J connectivity index is 1.76. The Labute approximate surface area is 113 Å². The van der Waals surface area contributed by atoms with Crippen LogP contribution in [0.2, 0.25) is 0 Å². The molecule has 0 aromatic carbocycles. The van der Waals surface area contributed by atoms with Crippen LogP contribution in [0, 0.1) is 17.3 Å². The quantitative estimate of drug-likeness (QED) is 0.808. The molecule has 4 unspecified atom stereocenters. The van der Waals surface area contributed by atoms with Crippen molar-refractivity contribution in [3.8, 4) is 0 Å². The van der Waals surface area contributed by atoms with Crippen LogP contribution < -0.4 is 5.32 Å². The highest BCUT2D eigenvalue weighted by molar-refractivity contribution is 4.88. The number of rotatable bonds is 3. The van der Waals surface area contributed by atoms with Crippen molar-refractivity contribution in [1.29, 1.82) is 0 Å². The molecule has 0 heterocycles. The molecule has 2 N–H and O–H groups in total. The van der Waals surface area contributed by atoms with E-state index in [4.69, 9.17) is 0 Å². The number of nitrogens with one attached hydrogen (secondary N) is 1. The van der Waals surface area contributed by atoms with Crippen molar-refractivity contribution in [2.24, 2.45) is 17.3 Å². The van der Waals surface area contributed by atoms with Crippen molar-refractivity contribution in [1.82, 2.24) is 5.32 Å². The molecular weight excluding hydrogens is 222 g/mol. The zero-order valence-electron chi connectivity index (χ0n) is 12.4. The van der Waals surface area contributed by atoms with Crippen molar-refractivity contribution in [2.45, 2.75) is 77.9 Å². The van der Waals surface area contributed by atoms with Gasteiger partial charge >= 0.3 is 0 Å². The lowest BCUT2D eigenvalue weighted by molar-refractivity contribution is 0.0622. The molecule has 0 aromatic heterocycles. The van der Waals surface area contributed by atoms with Crippen molar-refractivity contribution in [2.75, 3.05) is 6.54 Å². The van der Waals surface area contributed by atoms with E-state index >= 15 is 0 Å². The van der Waals surface area contributed by atoms with E-state index in [0.717, 1.165) is 18.9 Å². The topological polar surface area (TPSA) is 32.3 Å². The molecule has 2 aliphatic carbocycles. The second kappa shape index (κ2) is 5.92. The molecule has 2 nitrogen and oxygen atoms in total. The lowest BCUT2D eigenvalue weighted by Gasteiger charge is -2.40. The van der Waals surface area contributed by atoms with Gasteiger partial charge in [0.25, 0.3) is 0 Å². The van der Waals surface area contributed by atoms with Gasteiger partial charge in [0.05, 0.1) is 6.10 Å². The first-order valence-corrected chi connectivity index (χ1v) is 7.89. The molecule has 0 saturated heterocycles. The predicted octanol–water partition coefficient (Wildman–Crippen LogP) is 3.34. The maximum atomic E-state index is 10.0. The molecule has 0 aromatic rings. The lowest BCUT2D eigenvalue weighted by Crippen LogP contribution is -2.45. The maximum absolute atomic E-state index is 10.0. The van der Waals surface area contributed by atoms with E-state index in [1.54, 1.807) is 0 Å². The number of aliphatic hydroxyl groups excluding tert-OH is 1. The summed E-state index contributed by atoms with van der Waals surface area (Å²) in [5.41, 5.74) is 0.530. The highest BCUT2D eigenvalue weighted by Gasteiger charge is 2.33. The van der Waals surface area contributed by atoms with E-state index in [1.807, 2.05) is 0 Å². The second-order valence-corrected chi connectivity index (χ2v) is 7.51. The first kappa shape index (κ1) is 14.3. The fourth-order valence-electron chi connectivity index (χ4n) is 3.98. The van der Waals surface area contributed by atoms with Crippen LogP contribution in [0.15, 0.2) is 0 Å². The normalized spacial score (nSPS) is 40.7. The van der Waals surface area contributed by atoms with Crippen LogP contribution >= 0.6 is 0 Å². The average molecular weight is 253 g/mol. The van der Waals surface area contributed by atoms with Crippen LogP contribution in [-0.2, 0) is 0 Å². The molecule has 0 bridgehead atoms. The van der Waals surface area contributed by atoms with Crippen molar-refractivity contribution >= 4 is 0 Å². The summed E-state index contributed by atoms with van der Waals surface area (Å²) in [6.07, 6.45) is 8.65. The van der Waals surface area contributed by atoms with Crippen LogP contribution in [0.25, 0.3) is 0 Å². The van der Waals surface area contributed by atoms with E-state index < -0.39 is 0 Å². The van der Waals surface area contributed by atoms with Crippen molar-refractivity contribution in [3.05, 3.63) is 0 Å². The smallest absolute Gasteiger partial charge is 0.0580 e. The van der Waals surface area contributed by atoms with Crippen molar-refractivity contribution < 1.29 is 5.11 Å². The third-order valence-electron chi connectivity index (χ3n) is 5.20. The lowest BCUT2D eigenvalue weighted by atomic mass is 9.70. The Bertz CT molecular complexity index is 264. The minimum Gasteiger partial charge on any atom is -0.393 e. The third-order valence-corrected chi connectivity index (χ3v) is 5.20. The molecule has 2 rings (SSSR count). The molecule has 106 valence electrons. The van der Waals surface area contributed by atoms with E-state index in [2.05, 4.69) is 26.1 Å². The molecule has 0 radical (unpaired) electrons. The fourth-order valence-corrected chi connectivity index (χ4v) is 3.98. The van der Waals surface area contributed by atoms with Crippen LogP contribution in [0.3, 0.4) is 0 Å². The molecule has 0 amide bonds. The van der Waals surface area contributed by atoms with E-state index in [1.165, 1.54) is 38.5 Å². The summed E-state index contributed by atoms with van der Waals surface area (Å²) in [6, 6.07) is 0.673. The second-order valence-electron chi connectivity index (χ2n) is 7.51. The van der Waals surface area contributed by atoms with Gasteiger partial charge in [0, 0.05) is 12.6 Å². The van der Waals surface area contributed by atoms with Crippen LogP contribution in [0.1, 0.15) is 65.7 Å². The summed E-state index contributed by atoms with van der Waals surface area (Å²) in [6.45, 7) is 8.20. The SMILES string of the molecule is CC1CC(C)(C)CCC1NCC1CCCCC1O. The highest BCUT2D eigenvalue weighted by Crippen LogP contribution is 2.38. The minimum absolute atomic E-state index is 0.0541. The van der Waals surface area contributed by atoms with E-state index in [-0.39, 0.29) is 6.10 Å². The summed E-state index contributed by atoms with van der Waals surface area (Å²) < 4.78 is 0. The Morgan fingerprint density at radius 1 is 1.17 bits per heavy atom. The highest BCUT2D eigenvalue weighted by atomic mass is 16.3. The predicted molar refractivity (Wildman–Crippen MR) is 76.6 cm³/mol. The monoisotopic (exact) mass is 253 g/mol. The maximum Gasteiger partial charge on any atom is 0.0580 e. The fraction of sp³-hybridized carbons (Fsp3) is 1.00. The van der Waals surface area contributed by atoms with Crippen LogP contribution in [0.4, 0.5) is 0 Å². The van der Waals surface area contributed by atoms with Gasteiger partial charge in [-0.15, -0.1) is 0 Å². The number of hydrogen-bond donors (Lipinski definition) is 2. The number of hydrogen-bond acceptors (Lipinski definition) is 2. The van der Waals surface area contributed by atoms with Gasteiger partial charge in [-0.1, -0.05) is 33.6 Å². The van der Waals surface area contributed by atoms with Gasteiger partial charge in [-0.25, -0.2) is 0 Å². The van der Waals surface area contributed by atoms with Gasteiger partial charge in [0.2, 0.25) is 0 Å². The van der Waals surface area contributed by atoms with Crippen LogP contribution in [-0.4, -0.2) is 23.8 Å². The van der Waals surface area contributed by atoms with Crippen molar-refractivity contribution in [3.63, 3.8) is 0 Å². The third kappa shape index (κ3) is 3.71. The Hall–Kier alpha value is -0.0800. The Kier molecular flexibility index (Phi) is 4.71. The van der Waals surface area contributed by atoms with Crippen LogP contribution in [0.5, 0.6) is 0 Å². The van der Waals surface area contributed by atoms with Gasteiger partial charge in [-0.2, -0.15) is 0 Å². The van der Waals surface area contributed by atoms with E-state index in [0.29, 0.717) is 17.4 Å². The summed E-state index contributed by atoms with van der Waals surface area (Å²) in [5, 5.41) is 13.8. The van der Waals surface area contributed by atoms with Gasteiger partial charge < -0.3 is 10.4 Å². The molecule has 18 heavy (non-hydrogen) atoms. The van der Waals surface area contributed by atoms with Gasteiger partial charge in [0.1, 0.15) is 0 Å². The summed E-state index contributed by atoms with van der Waals surface area (Å²) in [7, 11) is 0. The molecule has 2 fully saturated rings. The summed E-state index contributed by atoms with van der Waals surface area (Å²) in [5.74, 6) is 1.27. The molecule has 4 atom stereocenters. The number of aliphatic hydroxyl groups is 1. The zero-order chi connectivity index (χ0) is 13.2. The molecule has 0 aliphatic heterocycles. The van der Waals surface area contributed by atoms with E-state index in [9.17, 15) is 5.11 Å². The standard InChI is InChI=1S/C16H31NO/c1-12-10-16(2,3)9-8-14(12)17-11-13-6-4-5-7-15(13)18/h12-15,17-18H,4-11H2,1-3H3. The first-order valence-electron chi connectivity index (χ1n) is 7.89. The summed E-state index contributed by atoms with van der Waals surface area (Å²) in [4.78, 5) is 0. The van der Waals surface area contributed by atoms with Gasteiger partial charge in [0.15, 0.2) is 0 Å². The minimum atomic E-state index is -0.0541. The van der Waals surface area contributed by atoms with Gasteiger partial charge in [-0.05, 0) is 49.4 Å². The molecular formula is C16H31NO. The molecule has 2 saturated carbocycles. The average Bonchev–Trinajstić information content (AvgIpc) is 2.29. The summed E-state index contributed by atoms with van der Waals surface area (Å²) >= 11 is 0. The van der Waals surface area contributed by atoms with Gasteiger partial charge in [-0.3, -0.25) is 0 Å². The largest absolute Gasteiger partial charge is 0.393 e. The molecule has 2 aliphatic rings. The Morgan fingerprint density at radius 3 is 2.56 bits per heavy atom. The molecule has 2 heteroatoms. The molecule has 0 spiro atoms. The zero-order valence-corrected chi connectivity index (χ0v) is 12.4. The first-order chi connectivity index (χ1) is 8.48. The Morgan fingerprint density at radius 2 is 1.89 bits per heavy atom.